The maximum atomic E-state index is 6.07. The minimum Gasteiger partial charge on any atom is -0.496 e. The van der Waals surface area contributed by atoms with Gasteiger partial charge in [0.2, 0.25) is 0 Å². The quantitative estimate of drug-likeness (QED) is 0.578. The molecule has 0 atom stereocenters. The van der Waals surface area contributed by atoms with Crippen molar-refractivity contribution in [3.05, 3.63) is 53.6 Å². The average molecular weight is 404 g/mol. The summed E-state index contributed by atoms with van der Waals surface area (Å²) in [5.41, 5.74) is 1.78. The van der Waals surface area contributed by atoms with Crippen molar-refractivity contribution >= 4 is 23.4 Å². The first kappa shape index (κ1) is 18.3. The van der Waals surface area contributed by atoms with Crippen LogP contribution in [0, 0.1) is 0 Å². The minimum atomic E-state index is -0.222. The Kier molecular flexibility index (Phi) is 5.63. The van der Waals surface area contributed by atoms with Crippen molar-refractivity contribution in [3.63, 3.8) is 0 Å². The van der Waals surface area contributed by atoms with Crippen LogP contribution < -0.4 is 4.74 Å². The van der Waals surface area contributed by atoms with Crippen LogP contribution in [0.4, 0.5) is 0 Å². The Bertz CT molecular complexity index is 911. The molecule has 2 heterocycles. The fourth-order valence-corrected chi connectivity index (χ4v) is 3.86. The van der Waals surface area contributed by atoms with Crippen molar-refractivity contribution in [1.29, 1.82) is 0 Å². The van der Waals surface area contributed by atoms with Gasteiger partial charge in [-0.15, -0.1) is 10.2 Å². The number of hydrogen-bond acceptors (Lipinski definition) is 6. The standard InChI is InChI=1S/C19H18ClN3O3S/c1-24-16-5-3-2-4-15(16)18-21-22-19(27-12-17-25-10-11-26-17)23(18)14-8-6-13(20)7-9-14/h2-9,17H,10-12H2,1H3. The molecule has 3 aromatic rings. The molecular weight excluding hydrogens is 386 g/mol. The molecular formula is C19H18ClN3O3S. The first-order valence-corrected chi connectivity index (χ1v) is 9.83. The zero-order valence-electron chi connectivity index (χ0n) is 14.7. The molecule has 6 nitrogen and oxygen atoms in total. The Hall–Kier alpha value is -2.06. The van der Waals surface area contributed by atoms with Crippen molar-refractivity contribution in [1.82, 2.24) is 14.8 Å². The Labute approximate surface area is 166 Å². The molecule has 27 heavy (non-hydrogen) atoms. The minimum absolute atomic E-state index is 0.222. The summed E-state index contributed by atoms with van der Waals surface area (Å²) in [4.78, 5) is 0. The van der Waals surface area contributed by atoms with E-state index < -0.39 is 0 Å². The average Bonchev–Trinajstić information content (AvgIpc) is 3.36. The SMILES string of the molecule is COc1ccccc1-c1nnc(SCC2OCCO2)n1-c1ccc(Cl)cc1. The fourth-order valence-electron chi connectivity index (χ4n) is 2.84. The van der Waals surface area contributed by atoms with Gasteiger partial charge in [-0.2, -0.15) is 0 Å². The molecule has 0 bridgehead atoms. The van der Waals surface area contributed by atoms with Crippen molar-refractivity contribution in [2.45, 2.75) is 11.4 Å². The Balaban J connectivity index is 1.75. The van der Waals surface area contributed by atoms with Crippen molar-refractivity contribution in [3.8, 4) is 22.8 Å². The van der Waals surface area contributed by atoms with Gasteiger partial charge >= 0.3 is 0 Å². The molecule has 0 aliphatic carbocycles. The third kappa shape index (κ3) is 3.96. The normalized spacial score (nSPS) is 14.6. The van der Waals surface area contributed by atoms with Crippen molar-refractivity contribution in [2.75, 3.05) is 26.1 Å². The number of methoxy groups -OCH3 is 1. The lowest BCUT2D eigenvalue weighted by molar-refractivity contribution is -0.0215. The summed E-state index contributed by atoms with van der Waals surface area (Å²) in [5.74, 6) is 2.07. The van der Waals surface area contributed by atoms with E-state index in [0.29, 0.717) is 29.8 Å². The number of thioether (sulfide) groups is 1. The smallest absolute Gasteiger partial charge is 0.196 e. The summed E-state index contributed by atoms with van der Waals surface area (Å²) >= 11 is 7.60. The summed E-state index contributed by atoms with van der Waals surface area (Å²) < 4.78 is 18.6. The molecule has 0 amide bonds. The van der Waals surface area contributed by atoms with E-state index in [4.69, 9.17) is 25.8 Å². The number of hydrogen-bond donors (Lipinski definition) is 0. The van der Waals surface area contributed by atoms with Crippen LogP contribution in [0.25, 0.3) is 17.1 Å². The lowest BCUT2D eigenvalue weighted by Crippen LogP contribution is -2.11. The molecule has 140 valence electrons. The Morgan fingerprint density at radius 3 is 2.59 bits per heavy atom. The molecule has 0 spiro atoms. The van der Waals surface area contributed by atoms with Gasteiger partial charge in [-0.25, -0.2) is 0 Å². The van der Waals surface area contributed by atoms with Crippen molar-refractivity contribution < 1.29 is 14.2 Å². The van der Waals surface area contributed by atoms with Gasteiger partial charge < -0.3 is 14.2 Å². The maximum absolute atomic E-state index is 6.07. The Morgan fingerprint density at radius 1 is 1.11 bits per heavy atom. The number of aromatic nitrogens is 3. The van der Waals surface area contributed by atoms with Crippen LogP contribution in [0.3, 0.4) is 0 Å². The summed E-state index contributed by atoms with van der Waals surface area (Å²) in [6, 6.07) is 15.3. The van der Waals surface area contributed by atoms with Gasteiger partial charge in [-0.05, 0) is 36.4 Å². The van der Waals surface area contributed by atoms with E-state index in [2.05, 4.69) is 10.2 Å². The van der Waals surface area contributed by atoms with Crippen molar-refractivity contribution in [2.24, 2.45) is 0 Å². The van der Waals surface area contributed by atoms with Crippen LogP contribution in [-0.4, -0.2) is 47.1 Å². The summed E-state index contributed by atoms with van der Waals surface area (Å²) in [7, 11) is 1.65. The first-order chi connectivity index (χ1) is 13.3. The zero-order chi connectivity index (χ0) is 18.6. The highest BCUT2D eigenvalue weighted by Crippen LogP contribution is 2.33. The maximum Gasteiger partial charge on any atom is 0.196 e. The molecule has 1 aliphatic heterocycles. The van der Waals surface area contributed by atoms with Gasteiger partial charge in [0.15, 0.2) is 17.3 Å². The number of ether oxygens (including phenoxy) is 3. The number of nitrogens with zero attached hydrogens (tertiary/aromatic N) is 3. The Morgan fingerprint density at radius 2 is 1.85 bits per heavy atom. The lowest BCUT2D eigenvalue weighted by Gasteiger charge is -2.13. The number of para-hydroxylation sites is 1. The molecule has 8 heteroatoms. The number of halogens is 1. The van der Waals surface area contributed by atoms with Crippen LogP contribution in [0.1, 0.15) is 0 Å². The van der Waals surface area contributed by atoms with Crippen LogP contribution in [-0.2, 0) is 9.47 Å². The van der Waals surface area contributed by atoms with Crippen LogP contribution in [0.2, 0.25) is 5.02 Å². The van der Waals surface area contributed by atoms with Gasteiger partial charge in [0.25, 0.3) is 0 Å². The van der Waals surface area contributed by atoms with E-state index in [9.17, 15) is 0 Å². The number of rotatable bonds is 6. The molecule has 0 N–H and O–H groups in total. The second-order valence-electron chi connectivity index (χ2n) is 5.80. The fraction of sp³-hybridized carbons (Fsp3) is 0.263. The summed E-state index contributed by atoms with van der Waals surface area (Å²) in [6.07, 6.45) is -0.222. The third-order valence-electron chi connectivity index (χ3n) is 4.11. The van der Waals surface area contributed by atoms with Crippen LogP contribution >= 0.6 is 23.4 Å². The van der Waals surface area contributed by atoms with Gasteiger partial charge in [0, 0.05) is 10.7 Å². The van der Waals surface area contributed by atoms with E-state index in [1.54, 1.807) is 7.11 Å². The second kappa shape index (κ2) is 8.31. The summed E-state index contributed by atoms with van der Waals surface area (Å²) in [5, 5.41) is 10.3. The highest BCUT2D eigenvalue weighted by Gasteiger charge is 2.22. The predicted molar refractivity (Wildman–Crippen MR) is 105 cm³/mol. The molecule has 1 fully saturated rings. The molecule has 0 saturated carbocycles. The molecule has 1 aliphatic rings. The molecule has 0 unspecified atom stereocenters. The predicted octanol–water partition coefficient (Wildman–Crippen LogP) is 4.06. The van der Waals surface area contributed by atoms with E-state index >= 15 is 0 Å². The van der Waals surface area contributed by atoms with E-state index in [1.807, 2.05) is 53.1 Å². The highest BCUT2D eigenvalue weighted by atomic mass is 35.5. The second-order valence-corrected chi connectivity index (χ2v) is 7.22. The van der Waals surface area contributed by atoms with Gasteiger partial charge in [-0.3, -0.25) is 4.57 Å². The molecule has 1 aromatic heterocycles. The largest absolute Gasteiger partial charge is 0.496 e. The van der Waals surface area contributed by atoms with E-state index in [1.165, 1.54) is 11.8 Å². The van der Waals surface area contributed by atoms with Gasteiger partial charge in [0.05, 0.1) is 31.6 Å². The monoisotopic (exact) mass is 403 g/mol. The van der Waals surface area contributed by atoms with E-state index in [-0.39, 0.29) is 6.29 Å². The van der Waals surface area contributed by atoms with Crippen LogP contribution in [0.5, 0.6) is 5.75 Å². The van der Waals surface area contributed by atoms with Gasteiger partial charge in [-0.1, -0.05) is 35.5 Å². The lowest BCUT2D eigenvalue weighted by atomic mass is 10.2. The third-order valence-corrected chi connectivity index (χ3v) is 5.32. The number of benzene rings is 2. The zero-order valence-corrected chi connectivity index (χ0v) is 16.2. The molecule has 2 aromatic carbocycles. The molecule has 1 saturated heterocycles. The van der Waals surface area contributed by atoms with Gasteiger partial charge in [0.1, 0.15) is 5.75 Å². The molecule has 4 rings (SSSR count). The molecule has 0 radical (unpaired) electrons. The summed E-state index contributed by atoms with van der Waals surface area (Å²) in [6.45, 7) is 1.25. The van der Waals surface area contributed by atoms with Crippen LogP contribution in [0.15, 0.2) is 53.7 Å². The highest BCUT2D eigenvalue weighted by molar-refractivity contribution is 7.99. The topological polar surface area (TPSA) is 58.4 Å². The van der Waals surface area contributed by atoms with E-state index in [0.717, 1.165) is 22.2 Å². The first-order valence-electron chi connectivity index (χ1n) is 8.47.